The molecule has 0 fully saturated rings. The van der Waals surface area contributed by atoms with Crippen LogP contribution in [0.2, 0.25) is 0 Å². The molecule has 0 unspecified atom stereocenters. The Morgan fingerprint density at radius 1 is 0.345 bits per heavy atom. The summed E-state index contributed by atoms with van der Waals surface area (Å²) in [6.45, 7) is 0. The van der Waals surface area contributed by atoms with Crippen molar-refractivity contribution in [1.82, 2.24) is 15.0 Å². The molecule has 272 valence electrons. The Kier molecular flexibility index (Phi) is 7.04. The molecule has 1 aromatic heterocycles. The van der Waals surface area contributed by atoms with Gasteiger partial charge in [0.1, 0.15) is 11.5 Å². The van der Waals surface area contributed by atoms with Crippen LogP contribution in [0, 0.1) is 0 Å². The van der Waals surface area contributed by atoms with Crippen molar-refractivity contribution in [3.63, 3.8) is 0 Å². The molecule has 6 heteroatoms. The minimum atomic E-state index is -0.549. The van der Waals surface area contributed by atoms with Crippen molar-refractivity contribution in [3.8, 4) is 68.3 Å². The molecule has 0 atom stereocenters. The van der Waals surface area contributed by atoms with Gasteiger partial charge in [0.15, 0.2) is 29.0 Å². The highest BCUT2D eigenvalue weighted by Gasteiger charge is 2.51. The quantitative estimate of drug-likeness (QED) is 0.179. The van der Waals surface area contributed by atoms with Crippen LogP contribution in [-0.2, 0) is 5.41 Å². The van der Waals surface area contributed by atoms with Crippen LogP contribution >= 0.6 is 0 Å². The zero-order chi connectivity index (χ0) is 38.2. The number of hydrogen-bond donors (Lipinski definition) is 0. The molecule has 0 amide bonds. The molecule has 0 saturated carbocycles. The number of benzene rings is 8. The first kappa shape index (κ1) is 32.4. The molecule has 0 N–H and O–H groups in total. The average molecular weight is 745 g/mol. The van der Waals surface area contributed by atoms with Gasteiger partial charge in [-0.3, -0.25) is 0 Å². The van der Waals surface area contributed by atoms with Gasteiger partial charge >= 0.3 is 0 Å². The largest absolute Gasteiger partial charge is 0.457 e. The number of aromatic nitrogens is 3. The highest BCUT2D eigenvalue weighted by Crippen LogP contribution is 2.62. The van der Waals surface area contributed by atoms with Gasteiger partial charge in [0.2, 0.25) is 0 Å². The molecule has 6 nitrogen and oxygen atoms in total. The summed E-state index contributed by atoms with van der Waals surface area (Å²) in [7, 11) is 0. The van der Waals surface area contributed by atoms with Gasteiger partial charge in [-0.05, 0) is 70.8 Å². The molecule has 2 aliphatic heterocycles. The van der Waals surface area contributed by atoms with Crippen LogP contribution in [0.15, 0.2) is 194 Å². The molecular formula is C52H32N4O2. The summed E-state index contributed by atoms with van der Waals surface area (Å²) in [6, 6.07) is 67.1. The number of para-hydroxylation sites is 5. The lowest BCUT2D eigenvalue weighted by Crippen LogP contribution is -2.32. The fourth-order valence-corrected chi connectivity index (χ4v) is 9.12. The summed E-state index contributed by atoms with van der Waals surface area (Å²) in [5.41, 5.74) is 12.1. The second-order valence-corrected chi connectivity index (χ2v) is 14.7. The monoisotopic (exact) mass is 744 g/mol. The van der Waals surface area contributed by atoms with E-state index in [1.54, 1.807) is 0 Å². The Labute approximate surface area is 335 Å². The molecule has 3 heterocycles. The molecule has 12 rings (SSSR count). The molecule has 0 bridgehead atoms. The van der Waals surface area contributed by atoms with Crippen LogP contribution < -0.4 is 14.4 Å². The number of hydrogen-bond acceptors (Lipinski definition) is 6. The van der Waals surface area contributed by atoms with Crippen molar-refractivity contribution in [1.29, 1.82) is 0 Å². The third-order valence-corrected chi connectivity index (χ3v) is 11.6. The van der Waals surface area contributed by atoms with Crippen molar-refractivity contribution in [2.45, 2.75) is 5.41 Å². The minimum absolute atomic E-state index is 0.549. The summed E-state index contributed by atoms with van der Waals surface area (Å²) in [4.78, 5) is 17.7. The first-order valence-corrected chi connectivity index (χ1v) is 19.4. The van der Waals surface area contributed by atoms with E-state index < -0.39 is 5.41 Å². The van der Waals surface area contributed by atoms with Gasteiger partial charge in [-0.25, -0.2) is 15.0 Å². The van der Waals surface area contributed by atoms with Crippen molar-refractivity contribution in [2.75, 3.05) is 4.90 Å². The smallest absolute Gasteiger partial charge is 0.164 e. The molecule has 9 aromatic rings. The van der Waals surface area contributed by atoms with E-state index in [9.17, 15) is 0 Å². The Hall–Kier alpha value is -7.83. The van der Waals surface area contributed by atoms with Crippen LogP contribution in [-0.4, -0.2) is 15.0 Å². The molecule has 0 saturated heterocycles. The zero-order valence-corrected chi connectivity index (χ0v) is 31.1. The first-order chi connectivity index (χ1) is 28.7. The van der Waals surface area contributed by atoms with Crippen LogP contribution in [0.1, 0.15) is 22.3 Å². The van der Waals surface area contributed by atoms with Crippen LogP contribution in [0.4, 0.5) is 17.1 Å². The van der Waals surface area contributed by atoms with Crippen LogP contribution in [0.5, 0.6) is 23.0 Å². The number of fused-ring (bicyclic) bond motifs is 11. The van der Waals surface area contributed by atoms with Gasteiger partial charge in [0, 0.05) is 33.5 Å². The van der Waals surface area contributed by atoms with Gasteiger partial charge in [-0.15, -0.1) is 0 Å². The molecule has 8 aromatic carbocycles. The van der Waals surface area contributed by atoms with E-state index in [-0.39, 0.29) is 0 Å². The minimum Gasteiger partial charge on any atom is -0.457 e. The van der Waals surface area contributed by atoms with Crippen LogP contribution in [0.25, 0.3) is 45.3 Å². The van der Waals surface area contributed by atoms with Gasteiger partial charge in [0.25, 0.3) is 0 Å². The second-order valence-electron chi connectivity index (χ2n) is 14.7. The summed E-state index contributed by atoms with van der Waals surface area (Å²) < 4.78 is 13.2. The molecule has 0 radical (unpaired) electrons. The molecule has 58 heavy (non-hydrogen) atoms. The summed E-state index contributed by atoms with van der Waals surface area (Å²) in [5, 5.41) is 0. The Bertz CT molecular complexity index is 3010. The lowest BCUT2D eigenvalue weighted by atomic mass is 9.66. The molecule has 1 aliphatic carbocycles. The first-order valence-electron chi connectivity index (χ1n) is 19.4. The maximum absolute atomic E-state index is 6.84. The van der Waals surface area contributed by atoms with E-state index in [4.69, 9.17) is 24.4 Å². The van der Waals surface area contributed by atoms with Gasteiger partial charge in [-0.1, -0.05) is 146 Å². The Morgan fingerprint density at radius 3 is 1.50 bits per heavy atom. The fourth-order valence-electron chi connectivity index (χ4n) is 9.12. The van der Waals surface area contributed by atoms with Crippen molar-refractivity contribution >= 4 is 17.1 Å². The lowest BCUT2D eigenvalue weighted by Gasteiger charge is -2.39. The van der Waals surface area contributed by atoms with E-state index in [2.05, 4.69) is 126 Å². The van der Waals surface area contributed by atoms with E-state index in [1.165, 1.54) is 22.3 Å². The van der Waals surface area contributed by atoms with E-state index >= 15 is 0 Å². The predicted octanol–water partition coefficient (Wildman–Crippen LogP) is 12.9. The van der Waals surface area contributed by atoms with E-state index in [0.717, 1.165) is 67.9 Å². The van der Waals surface area contributed by atoms with E-state index in [0.29, 0.717) is 17.5 Å². The maximum Gasteiger partial charge on any atom is 0.164 e. The third-order valence-electron chi connectivity index (χ3n) is 11.6. The Morgan fingerprint density at radius 2 is 0.828 bits per heavy atom. The summed E-state index contributed by atoms with van der Waals surface area (Å²) in [5.74, 6) is 4.92. The number of anilines is 3. The number of ether oxygens (including phenoxy) is 2. The summed E-state index contributed by atoms with van der Waals surface area (Å²) >= 11 is 0. The molecule has 1 spiro atoms. The third kappa shape index (κ3) is 4.75. The fraction of sp³-hybridized carbons (Fsp3) is 0.0192. The zero-order valence-electron chi connectivity index (χ0n) is 31.1. The normalized spacial score (nSPS) is 13.6. The lowest BCUT2D eigenvalue weighted by molar-refractivity contribution is 0.436. The van der Waals surface area contributed by atoms with Gasteiger partial charge in [-0.2, -0.15) is 0 Å². The molecule has 3 aliphatic rings. The van der Waals surface area contributed by atoms with Gasteiger partial charge in [0.05, 0.1) is 16.8 Å². The second kappa shape index (κ2) is 12.6. The van der Waals surface area contributed by atoms with Crippen molar-refractivity contribution in [3.05, 3.63) is 216 Å². The van der Waals surface area contributed by atoms with Crippen molar-refractivity contribution < 1.29 is 9.47 Å². The SMILES string of the molecule is c1ccc(-c2nc(-c3cccc(N4c5ccccc5Oc5ccccc54)c3)nc(-c3ccc4c(c3)Oc3ccccc3C43c4ccccc4-c4ccccc43)n2)cc1. The van der Waals surface area contributed by atoms with Crippen molar-refractivity contribution in [2.24, 2.45) is 0 Å². The predicted molar refractivity (Wildman–Crippen MR) is 228 cm³/mol. The standard InChI is InChI=1S/C52H32N4O2/c1-2-15-33(16-3-1)49-53-50(34-17-14-18-36(31-34)56-43-24-9-12-27-46(43)58-47-28-13-10-25-44(47)56)55-51(54-49)35-29-30-42-48(32-35)57-45-26-11-8-23-41(45)52(42)39-21-6-4-19-37(39)38-20-5-7-22-40(38)52/h1-32H. The maximum atomic E-state index is 6.84. The Balaban J connectivity index is 1.03. The average Bonchev–Trinajstić information content (AvgIpc) is 3.58. The number of rotatable bonds is 4. The molecular weight excluding hydrogens is 713 g/mol. The van der Waals surface area contributed by atoms with E-state index in [1.807, 2.05) is 72.8 Å². The highest BCUT2D eigenvalue weighted by molar-refractivity contribution is 5.90. The van der Waals surface area contributed by atoms with Crippen LogP contribution in [0.3, 0.4) is 0 Å². The highest BCUT2D eigenvalue weighted by atomic mass is 16.5. The van der Waals surface area contributed by atoms with Gasteiger partial charge < -0.3 is 14.4 Å². The topological polar surface area (TPSA) is 60.4 Å². The summed E-state index contributed by atoms with van der Waals surface area (Å²) in [6.07, 6.45) is 0. The number of nitrogens with zero attached hydrogens (tertiary/aromatic N) is 4.